The summed E-state index contributed by atoms with van der Waals surface area (Å²) < 4.78 is 0. The Morgan fingerprint density at radius 2 is 2.00 bits per heavy atom. The van der Waals surface area contributed by atoms with Crippen LogP contribution in [0.5, 0.6) is 0 Å². The Kier molecular flexibility index (Phi) is 5.28. The van der Waals surface area contributed by atoms with E-state index in [1.807, 2.05) is 47.4 Å². The minimum atomic E-state index is -0.828. The summed E-state index contributed by atoms with van der Waals surface area (Å²) >= 11 is 0. The van der Waals surface area contributed by atoms with Crippen molar-refractivity contribution >= 4 is 17.6 Å². The van der Waals surface area contributed by atoms with Crippen LogP contribution >= 0.6 is 0 Å². The number of carboxylic acids is 1. The molecule has 1 N–H and O–H groups in total. The molecule has 6 heteroatoms. The smallest absolute Gasteiger partial charge is 0.308 e. The van der Waals surface area contributed by atoms with Gasteiger partial charge in [-0.05, 0) is 30.2 Å². The van der Waals surface area contributed by atoms with Crippen LogP contribution in [-0.2, 0) is 16.1 Å². The molecule has 1 aliphatic heterocycles. The largest absolute Gasteiger partial charge is 0.481 e. The Labute approximate surface area is 146 Å². The van der Waals surface area contributed by atoms with Gasteiger partial charge < -0.3 is 14.9 Å². The molecule has 1 aromatic carbocycles. The number of benzene rings is 1. The third-order valence-corrected chi connectivity index (χ3v) is 4.43. The van der Waals surface area contributed by atoms with E-state index in [9.17, 15) is 9.59 Å². The fourth-order valence-corrected chi connectivity index (χ4v) is 3.04. The molecule has 25 heavy (non-hydrogen) atoms. The first-order valence-electron chi connectivity index (χ1n) is 8.33. The maximum Gasteiger partial charge on any atom is 0.308 e. The molecule has 1 fully saturated rings. The molecule has 1 saturated heterocycles. The van der Waals surface area contributed by atoms with Crippen LogP contribution in [0.3, 0.4) is 0 Å². The van der Waals surface area contributed by atoms with Crippen molar-refractivity contribution in [2.75, 3.05) is 24.5 Å². The highest BCUT2D eigenvalue weighted by Crippen LogP contribution is 2.20. The van der Waals surface area contributed by atoms with Gasteiger partial charge in [-0.1, -0.05) is 24.3 Å². The average Bonchev–Trinajstić information content (AvgIpc) is 3.13. The maximum atomic E-state index is 12.7. The second-order valence-electron chi connectivity index (χ2n) is 6.22. The highest BCUT2D eigenvalue weighted by atomic mass is 16.4. The second-order valence-corrected chi connectivity index (χ2v) is 6.22. The Balaban J connectivity index is 1.71. The minimum Gasteiger partial charge on any atom is -0.481 e. The van der Waals surface area contributed by atoms with Gasteiger partial charge in [0.15, 0.2) is 0 Å². The maximum absolute atomic E-state index is 12.7. The molecule has 3 rings (SSSR count). The summed E-state index contributed by atoms with van der Waals surface area (Å²) in [7, 11) is 0. The van der Waals surface area contributed by atoms with Crippen molar-refractivity contribution in [2.24, 2.45) is 5.92 Å². The molecular formula is C19H21N3O3. The molecule has 6 nitrogen and oxygen atoms in total. The van der Waals surface area contributed by atoms with Gasteiger partial charge in [0.1, 0.15) is 0 Å². The Morgan fingerprint density at radius 1 is 1.20 bits per heavy atom. The zero-order chi connectivity index (χ0) is 17.6. The van der Waals surface area contributed by atoms with Crippen molar-refractivity contribution in [3.8, 4) is 0 Å². The van der Waals surface area contributed by atoms with Crippen molar-refractivity contribution in [3.05, 3.63) is 60.4 Å². The summed E-state index contributed by atoms with van der Waals surface area (Å²) in [5.41, 5.74) is 1.97. The van der Waals surface area contributed by atoms with E-state index in [1.165, 1.54) is 0 Å². The first kappa shape index (κ1) is 17.0. The van der Waals surface area contributed by atoms with Crippen LogP contribution in [0.25, 0.3) is 0 Å². The van der Waals surface area contributed by atoms with Gasteiger partial charge in [-0.2, -0.15) is 0 Å². The second kappa shape index (κ2) is 7.79. The van der Waals surface area contributed by atoms with Gasteiger partial charge in [0, 0.05) is 37.7 Å². The van der Waals surface area contributed by atoms with Crippen LogP contribution in [0.4, 0.5) is 5.69 Å². The molecule has 1 aromatic heterocycles. The van der Waals surface area contributed by atoms with Gasteiger partial charge in [0.25, 0.3) is 0 Å². The van der Waals surface area contributed by atoms with Gasteiger partial charge in [0.05, 0.1) is 12.5 Å². The number of anilines is 1. The number of carboxylic acid groups (broad SMARTS) is 1. The molecule has 0 aliphatic carbocycles. The number of pyridine rings is 1. The first-order valence-corrected chi connectivity index (χ1v) is 8.33. The number of para-hydroxylation sites is 1. The highest BCUT2D eigenvalue weighted by Gasteiger charge is 2.31. The lowest BCUT2D eigenvalue weighted by atomic mass is 10.1. The Hall–Kier alpha value is -2.89. The van der Waals surface area contributed by atoms with Crippen LogP contribution in [0.2, 0.25) is 0 Å². The van der Waals surface area contributed by atoms with Gasteiger partial charge in [-0.25, -0.2) is 0 Å². The molecule has 130 valence electrons. The van der Waals surface area contributed by atoms with Crippen molar-refractivity contribution in [2.45, 2.75) is 13.0 Å². The van der Waals surface area contributed by atoms with Crippen molar-refractivity contribution < 1.29 is 14.7 Å². The fraction of sp³-hybridized carbons (Fsp3) is 0.316. The monoisotopic (exact) mass is 339 g/mol. The number of carbonyl (C=O) groups is 2. The molecule has 0 saturated carbocycles. The third-order valence-electron chi connectivity index (χ3n) is 4.43. The lowest BCUT2D eigenvalue weighted by molar-refractivity contribution is -0.141. The molecule has 0 bridgehead atoms. The number of hydrogen-bond donors (Lipinski definition) is 1. The molecule has 2 aromatic rings. The summed E-state index contributed by atoms with van der Waals surface area (Å²) in [6, 6.07) is 13.6. The van der Waals surface area contributed by atoms with E-state index in [0.717, 1.165) is 11.3 Å². The number of rotatable bonds is 6. The van der Waals surface area contributed by atoms with Crippen molar-refractivity contribution in [1.29, 1.82) is 0 Å². The van der Waals surface area contributed by atoms with Crippen molar-refractivity contribution in [3.63, 3.8) is 0 Å². The summed E-state index contributed by atoms with van der Waals surface area (Å²) in [5.74, 6) is -1.32. The normalized spacial score (nSPS) is 16.6. The Bertz CT molecular complexity index is 721. The van der Waals surface area contributed by atoms with E-state index < -0.39 is 11.9 Å². The van der Waals surface area contributed by atoms with Crippen LogP contribution in [-0.4, -0.2) is 46.5 Å². The fourth-order valence-electron chi connectivity index (χ4n) is 3.04. The van der Waals surface area contributed by atoms with Gasteiger partial charge in [0.2, 0.25) is 5.91 Å². The van der Waals surface area contributed by atoms with Crippen LogP contribution < -0.4 is 4.90 Å². The summed E-state index contributed by atoms with van der Waals surface area (Å²) in [6.45, 7) is 1.58. The summed E-state index contributed by atoms with van der Waals surface area (Å²) in [5, 5.41) is 9.11. The van der Waals surface area contributed by atoms with Crippen LogP contribution in [0.15, 0.2) is 54.9 Å². The average molecular weight is 339 g/mol. The van der Waals surface area contributed by atoms with E-state index in [2.05, 4.69) is 4.98 Å². The number of likely N-dealkylation sites (tertiary alicyclic amines) is 1. The van der Waals surface area contributed by atoms with Crippen LogP contribution in [0.1, 0.15) is 12.0 Å². The van der Waals surface area contributed by atoms with E-state index in [-0.39, 0.29) is 12.5 Å². The van der Waals surface area contributed by atoms with Gasteiger partial charge in [-0.3, -0.25) is 14.6 Å². The first-order chi connectivity index (χ1) is 12.1. The van der Waals surface area contributed by atoms with Gasteiger partial charge >= 0.3 is 5.97 Å². The SMILES string of the molecule is O=C(O)C1CCN(C(=O)CN(Cc2cccnc2)c2ccccc2)C1. The lowest BCUT2D eigenvalue weighted by Crippen LogP contribution is -2.39. The highest BCUT2D eigenvalue weighted by molar-refractivity contribution is 5.83. The standard InChI is InChI=1S/C19H21N3O3/c23-18(21-10-8-16(13-21)19(24)25)14-22(17-6-2-1-3-7-17)12-15-5-4-9-20-11-15/h1-7,9,11,16H,8,10,12-14H2,(H,24,25). The zero-order valence-electron chi connectivity index (χ0n) is 13.9. The quantitative estimate of drug-likeness (QED) is 0.872. The predicted molar refractivity (Wildman–Crippen MR) is 94.1 cm³/mol. The molecule has 1 aliphatic rings. The molecule has 1 atom stereocenters. The number of aromatic nitrogens is 1. The number of aliphatic carboxylic acids is 1. The number of carbonyl (C=O) groups excluding carboxylic acids is 1. The minimum absolute atomic E-state index is 0.0449. The predicted octanol–water partition coefficient (Wildman–Crippen LogP) is 2.02. The molecular weight excluding hydrogens is 318 g/mol. The number of amides is 1. The number of nitrogens with zero attached hydrogens (tertiary/aromatic N) is 3. The molecule has 2 heterocycles. The molecule has 0 radical (unpaired) electrons. The lowest BCUT2D eigenvalue weighted by Gasteiger charge is -2.27. The summed E-state index contributed by atoms with van der Waals surface area (Å²) in [4.78, 5) is 31.5. The van der Waals surface area contributed by atoms with E-state index in [0.29, 0.717) is 26.1 Å². The van der Waals surface area contributed by atoms with E-state index >= 15 is 0 Å². The van der Waals surface area contributed by atoms with E-state index in [1.54, 1.807) is 17.3 Å². The van der Waals surface area contributed by atoms with Gasteiger partial charge in [-0.15, -0.1) is 0 Å². The molecule has 1 amide bonds. The Morgan fingerprint density at radius 3 is 2.64 bits per heavy atom. The number of hydrogen-bond acceptors (Lipinski definition) is 4. The van der Waals surface area contributed by atoms with E-state index in [4.69, 9.17) is 5.11 Å². The topological polar surface area (TPSA) is 73.7 Å². The third kappa shape index (κ3) is 4.35. The van der Waals surface area contributed by atoms with Crippen LogP contribution in [0, 0.1) is 5.92 Å². The molecule has 1 unspecified atom stereocenters. The molecule has 0 spiro atoms. The summed E-state index contributed by atoms with van der Waals surface area (Å²) in [6.07, 6.45) is 4.03. The van der Waals surface area contributed by atoms with Crippen molar-refractivity contribution in [1.82, 2.24) is 9.88 Å². The zero-order valence-corrected chi connectivity index (χ0v) is 13.9.